The molecule has 0 saturated carbocycles. The van der Waals surface area contributed by atoms with Crippen molar-refractivity contribution in [1.82, 2.24) is 10.2 Å². The second-order valence-corrected chi connectivity index (χ2v) is 9.56. The first-order chi connectivity index (χ1) is 16.0. The zero-order valence-corrected chi connectivity index (χ0v) is 21.7. The van der Waals surface area contributed by atoms with Crippen LogP contribution in [0.3, 0.4) is 0 Å². The molecule has 2 aliphatic heterocycles. The van der Waals surface area contributed by atoms with Gasteiger partial charge in [0.05, 0.1) is 11.0 Å². The summed E-state index contributed by atoms with van der Waals surface area (Å²) in [7, 11) is 0. The summed E-state index contributed by atoms with van der Waals surface area (Å²) in [6.45, 7) is 0.482. The van der Waals surface area contributed by atoms with Crippen LogP contribution in [-0.2, 0) is 20.7 Å². The number of aromatic hydroxyl groups is 1. The number of hydrogen-bond acceptors (Lipinski definition) is 6. The van der Waals surface area contributed by atoms with Gasteiger partial charge in [0.25, 0.3) is 5.91 Å². The molecule has 0 spiro atoms. The predicted molar refractivity (Wildman–Crippen MR) is 152 cm³/mol. The predicted octanol–water partition coefficient (Wildman–Crippen LogP) is 3.77. The van der Waals surface area contributed by atoms with E-state index in [0.29, 0.717) is 11.4 Å². The highest BCUT2D eigenvalue weighted by Gasteiger charge is 2.45. The minimum Gasteiger partial charge on any atom is -0.508 e. The van der Waals surface area contributed by atoms with E-state index in [1.54, 1.807) is 29.2 Å². The fourth-order valence-electron chi connectivity index (χ4n) is 4.63. The third-order valence-corrected chi connectivity index (χ3v) is 7.37. The molecule has 2 fully saturated rings. The SMILES string of the molecule is C.O=C(N[C@@H](Cc1ccc(O)cc1)C(=O)N1CCC[C@H]2OCC(=O)[C@H]21)c1cc2ccccc2s1.S.S. The number of benzene rings is 2. The number of piperidine rings is 1. The van der Waals surface area contributed by atoms with Gasteiger partial charge in [-0.25, -0.2) is 0 Å². The number of nitrogens with one attached hydrogen (secondary N) is 1. The second kappa shape index (κ2) is 12.6. The molecule has 7 nitrogen and oxygen atoms in total. The zero-order chi connectivity index (χ0) is 22.9. The lowest BCUT2D eigenvalue weighted by Crippen LogP contribution is -2.58. The fraction of sp³-hybridized carbons (Fsp3) is 0.346. The van der Waals surface area contributed by atoms with Gasteiger partial charge in [0.15, 0.2) is 5.78 Å². The Labute approximate surface area is 228 Å². The maximum atomic E-state index is 13.7. The minimum atomic E-state index is -0.848. The van der Waals surface area contributed by atoms with Crippen LogP contribution in [0.15, 0.2) is 54.6 Å². The molecule has 194 valence electrons. The van der Waals surface area contributed by atoms with Gasteiger partial charge in [0, 0.05) is 17.7 Å². The van der Waals surface area contributed by atoms with E-state index in [2.05, 4.69) is 5.32 Å². The summed E-state index contributed by atoms with van der Waals surface area (Å²) in [6, 6.07) is 14.7. The number of thiophene rings is 1. The standard InChI is InChI=1S/C25H24N2O5S.CH4.2H2S/c28-17-9-7-15(8-10-17)12-18(25(31)27-11-3-5-20-23(27)19(29)14-32-20)26-24(30)22-13-16-4-1-2-6-21(16)33-22;;;/h1-2,4,6-10,13,18,20,23,28H,3,5,11-12,14H2,(H,26,30);1H4;2*1H2/t18-,20+,23+;;;/m0.../s1. The molecule has 0 radical (unpaired) electrons. The smallest absolute Gasteiger partial charge is 0.262 e. The second-order valence-electron chi connectivity index (χ2n) is 8.48. The van der Waals surface area contributed by atoms with Gasteiger partial charge in [0.1, 0.15) is 24.4 Å². The molecule has 1 aromatic heterocycles. The molecule has 3 heterocycles. The van der Waals surface area contributed by atoms with Crippen molar-refractivity contribution in [3.05, 3.63) is 65.0 Å². The van der Waals surface area contributed by atoms with Crippen LogP contribution in [0, 0.1) is 0 Å². The fourth-order valence-corrected chi connectivity index (χ4v) is 5.59. The molecule has 2 saturated heterocycles. The molecule has 0 bridgehead atoms. The van der Waals surface area contributed by atoms with Crippen molar-refractivity contribution in [2.24, 2.45) is 0 Å². The van der Waals surface area contributed by atoms with Gasteiger partial charge in [-0.2, -0.15) is 27.0 Å². The lowest BCUT2D eigenvalue weighted by atomic mass is 9.95. The van der Waals surface area contributed by atoms with Crippen molar-refractivity contribution >= 4 is 66.0 Å². The van der Waals surface area contributed by atoms with E-state index in [1.807, 2.05) is 30.3 Å². The molecular weight excluding hydrogens is 516 g/mol. The summed E-state index contributed by atoms with van der Waals surface area (Å²) in [5, 5.41) is 13.5. The number of ketones is 1. The number of amides is 2. The molecule has 36 heavy (non-hydrogen) atoms. The number of likely N-dealkylation sites (tertiary alicyclic amines) is 1. The molecule has 2 aromatic carbocycles. The van der Waals surface area contributed by atoms with E-state index < -0.39 is 12.1 Å². The van der Waals surface area contributed by atoms with E-state index >= 15 is 0 Å². The number of Topliss-reactive ketones (excluding diaryl/α,β-unsaturated/α-hetero) is 1. The Morgan fingerprint density at radius 3 is 2.58 bits per heavy atom. The molecule has 0 aliphatic carbocycles. The van der Waals surface area contributed by atoms with Gasteiger partial charge >= 0.3 is 0 Å². The Morgan fingerprint density at radius 2 is 1.86 bits per heavy atom. The van der Waals surface area contributed by atoms with Crippen molar-refractivity contribution < 1.29 is 24.2 Å². The molecule has 5 rings (SSSR count). The first kappa shape index (κ1) is 29.7. The van der Waals surface area contributed by atoms with Gasteiger partial charge in [-0.1, -0.05) is 37.8 Å². The number of fused-ring (bicyclic) bond motifs is 2. The number of nitrogens with zero attached hydrogens (tertiary/aromatic N) is 1. The highest BCUT2D eigenvalue weighted by Crippen LogP contribution is 2.28. The Morgan fingerprint density at radius 1 is 1.14 bits per heavy atom. The van der Waals surface area contributed by atoms with Crippen LogP contribution in [0.2, 0.25) is 0 Å². The molecule has 2 N–H and O–H groups in total. The Kier molecular flexibility index (Phi) is 10.4. The third-order valence-electron chi connectivity index (χ3n) is 6.26. The largest absolute Gasteiger partial charge is 0.508 e. The van der Waals surface area contributed by atoms with E-state index in [4.69, 9.17) is 4.74 Å². The number of ether oxygens (including phenoxy) is 1. The Bertz CT molecular complexity index is 1180. The van der Waals surface area contributed by atoms with Crippen LogP contribution in [0.1, 0.15) is 35.5 Å². The van der Waals surface area contributed by atoms with E-state index in [-0.39, 0.29) is 76.9 Å². The van der Waals surface area contributed by atoms with Crippen molar-refractivity contribution in [3.63, 3.8) is 0 Å². The van der Waals surface area contributed by atoms with Crippen LogP contribution in [-0.4, -0.2) is 58.9 Å². The summed E-state index contributed by atoms with van der Waals surface area (Å²) in [5.74, 6) is -0.572. The van der Waals surface area contributed by atoms with E-state index in [0.717, 1.165) is 28.5 Å². The monoisotopic (exact) mass is 548 g/mol. The average Bonchev–Trinajstić information content (AvgIpc) is 3.43. The average molecular weight is 549 g/mol. The molecule has 3 aromatic rings. The molecular formula is C26H32N2O5S3. The molecule has 3 atom stereocenters. The molecule has 2 aliphatic rings. The maximum Gasteiger partial charge on any atom is 0.262 e. The minimum absolute atomic E-state index is 0. The summed E-state index contributed by atoms with van der Waals surface area (Å²) >= 11 is 1.37. The number of hydrogen-bond donors (Lipinski definition) is 2. The topological polar surface area (TPSA) is 95.9 Å². The van der Waals surface area contributed by atoms with Gasteiger partial charge in [-0.05, 0) is 48.1 Å². The highest BCUT2D eigenvalue weighted by molar-refractivity contribution is 7.59. The molecule has 2 amide bonds. The lowest BCUT2D eigenvalue weighted by Gasteiger charge is -2.37. The van der Waals surface area contributed by atoms with Gasteiger partial charge < -0.3 is 20.1 Å². The highest BCUT2D eigenvalue weighted by atomic mass is 32.1. The van der Waals surface area contributed by atoms with Crippen molar-refractivity contribution in [1.29, 1.82) is 0 Å². The number of phenolic OH excluding ortho intramolecular Hbond substituents is 1. The van der Waals surface area contributed by atoms with Crippen LogP contribution in [0.4, 0.5) is 0 Å². The number of phenols is 1. The molecule has 10 heteroatoms. The van der Waals surface area contributed by atoms with Crippen LogP contribution in [0.5, 0.6) is 5.75 Å². The normalized spacial score (nSPS) is 19.3. The van der Waals surface area contributed by atoms with E-state index in [9.17, 15) is 19.5 Å². The maximum absolute atomic E-state index is 13.7. The summed E-state index contributed by atoms with van der Waals surface area (Å²) in [4.78, 5) is 41.4. The van der Waals surface area contributed by atoms with Crippen LogP contribution in [0.25, 0.3) is 10.1 Å². The molecule has 0 unspecified atom stereocenters. The van der Waals surface area contributed by atoms with E-state index in [1.165, 1.54) is 11.3 Å². The van der Waals surface area contributed by atoms with Crippen molar-refractivity contribution in [3.8, 4) is 5.75 Å². The zero-order valence-electron chi connectivity index (χ0n) is 18.9. The first-order valence-corrected chi connectivity index (χ1v) is 11.8. The first-order valence-electron chi connectivity index (χ1n) is 11.0. The number of carbonyl (C=O) groups is 3. The summed E-state index contributed by atoms with van der Waals surface area (Å²) < 4.78 is 6.58. The Balaban J connectivity index is 0.00000152. The van der Waals surface area contributed by atoms with Gasteiger partial charge in [0.2, 0.25) is 5.91 Å². The van der Waals surface area contributed by atoms with Crippen molar-refractivity contribution in [2.75, 3.05) is 13.2 Å². The van der Waals surface area contributed by atoms with Gasteiger partial charge in [-0.3, -0.25) is 14.4 Å². The number of carbonyl (C=O) groups excluding carboxylic acids is 3. The van der Waals surface area contributed by atoms with Crippen LogP contribution >= 0.6 is 38.3 Å². The Hall–Kier alpha value is -2.53. The quantitative estimate of drug-likeness (QED) is 0.506. The lowest BCUT2D eigenvalue weighted by molar-refractivity contribution is -0.142. The third kappa shape index (κ3) is 6.05. The van der Waals surface area contributed by atoms with Gasteiger partial charge in [-0.15, -0.1) is 11.3 Å². The summed E-state index contributed by atoms with van der Waals surface area (Å²) in [5.41, 5.74) is 0.797. The number of rotatable bonds is 5. The summed E-state index contributed by atoms with van der Waals surface area (Å²) in [6.07, 6.45) is 1.47. The van der Waals surface area contributed by atoms with Crippen LogP contribution < -0.4 is 5.32 Å². The van der Waals surface area contributed by atoms with Crippen molar-refractivity contribution in [2.45, 2.75) is 44.9 Å².